The van der Waals surface area contributed by atoms with Gasteiger partial charge in [-0.2, -0.15) is 4.98 Å². The van der Waals surface area contributed by atoms with Crippen LogP contribution in [0.25, 0.3) is 27.7 Å². The van der Waals surface area contributed by atoms with Gasteiger partial charge in [-0.1, -0.05) is 13.0 Å². The van der Waals surface area contributed by atoms with Gasteiger partial charge >= 0.3 is 0 Å². The molecule has 4 aromatic rings. The zero-order chi connectivity index (χ0) is 19.1. The highest BCUT2D eigenvalue weighted by atomic mass is 32.1. The van der Waals surface area contributed by atoms with Crippen LogP contribution in [0.2, 0.25) is 0 Å². The van der Waals surface area contributed by atoms with Crippen LogP contribution in [0.5, 0.6) is 0 Å². The van der Waals surface area contributed by atoms with Crippen LogP contribution in [0.15, 0.2) is 36.0 Å². The molecule has 0 radical (unpaired) electrons. The van der Waals surface area contributed by atoms with Gasteiger partial charge < -0.3 is 4.90 Å². The topological polar surface area (TPSA) is 72.1 Å². The third-order valence-corrected chi connectivity index (χ3v) is 6.20. The summed E-state index contributed by atoms with van der Waals surface area (Å²) in [7, 11) is 0. The van der Waals surface area contributed by atoms with Crippen LogP contribution >= 0.6 is 11.3 Å². The first-order valence-corrected chi connectivity index (χ1v) is 10.4. The normalized spacial score (nSPS) is 15.4. The zero-order valence-corrected chi connectivity index (χ0v) is 16.7. The minimum atomic E-state index is 0.601. The Morgan fingerprint density at radius 1 is 1.11 bits per heavy atom. The van der Waals surface area contributed by atoms with Gasteiger partial charge in [0.15, 0.2) is 5.82 Å². The van der Waals surface area contributed by atoms with Crippen molar-refractivity contribution in [2.24, 2.45) is 5.92 Å². The Labute approximate surface area is 167 Å². The van der Waals surface area contributed by atoms with E-state index in [0.29, 0.717) is 11.6 Å². The molecule has 0 aromatic carbocycles. The maximum absolute atomic E-state index is 4.83. The van der Waals surface area contributed by atoms with Gasteiger partial charge in [-0.15, -0.1) is 16.4 Å². The molecular formula is C20H21N7S. The summed E-state index contributed by atoms with van der Waals surface area (Å²) in [6.45, 7) is 6.35. The van der Waals surface area contributed by atoms with E-state index in [4.69, 9.17) is 4.98 Å². The van der Waals surface area contributed by atoms with Crippen LogP contribution in [0.3, 0.4) is 0 Å². The van der Waals surface area contributed by atoms with E-state index in [9.17, 15) is 0 Å². The third-order valence-electron chi connectivity index (χ3n) is 5.33. The number of anilines is 1. The molecule has 0 amide bonds. The molecule has 28 heavy (non-hydrogen) atoms. The Morgan fingerprint density at radius 2 is 1.96 bits per heavy atom. The average Bonchev–Trinajstić information content (AvgIpc) is 3.39. The Balaban J connectivity index is 1.52. The molecule has 0 aliphatic carbocycles. The maximum atomic E-state index is 4.83. The standard InChI is InChI=1S/C20H21N7S/c1-13-6-9-26(10-7-13)19-21-8-5-16(23-19)15-12-22-20-24-18(17-4-3-11-28-17)25-27(20)14(15)2/h3-5,8,11-13H,6-7,9-10H2,1-2H3. The molecule has 5 heterocycles. The lowest BCUT2D eigenvalue weighted by Gasteiger charge is -2.30. The van der Waals surface area contributed by atoms with Crippen molar-refractivity contribution in [2.75, 3.05) is 18.0 Å². The molecule has 0 atom stereocenters. The molecule has 5 rings (SSSR count). The second-order valence-corrected chi connectivity index (χ2v) is 8.24. The lowest BCUT2D eigenvalue weighted by atomic mass is 10.00. The van der Waals surface area contributed by atoms with Gasteiger partial charge in [-0.25, -0.2) is 19.5 Å². The van der Waals surface area contributed by atoms with E-state index in [0.717, 1.165) is 46.8 Å². The Bertz CT molecular complexity index is 1110. The zero-order valence-electron chi connectivity index (χ0n) is 15.9. The molecule has 1 fully saturated rings. The van der Waals surface area contributed by atoms with Crippen LogP contribution in [-0.2, 0) is 0 Å². The van der Waals surface area contributed by atoms with Crippen LogP contribution in [0.1, 0.15) is 25.5 Å². The molecule has 142 valence electrons. The number of aromatic nitrogens is 6. The molecule has 7 nitrogen and oxygen atoms in total. The molecule has 1 aliphatic heterocycles. The van der Waals surface area contributed by atoms with E-state index in [1.807, 2.05) is 42.9 Å². The second-order valence-electron chi connectivity index (χ2n) is 7.29. The molecular weight excluding hydrogens is 370 g/mol. The summed E-state index contributed by atoms with van der Waals surface area (Å²) in [4.78, 5) is 21.7. The number of thiophene rings is 1. The molecule has 0 N–H and O–H groups in total. The molecule has 0 spiro atoms. The Hall–Kier alpha value is -2.87. The van der Waals surface area contributed by atoms with E-state index in [-0.39, 0.29) is 0 Å². The fraction of sp³-hybridized carbons (Fsp3) is 0.350. The summed E-state index contributed by atoms with van der Waals surface area (Å²) in [6.07, 6.45) is 6.04. The van der Waals surface area contributed by atoms with Crippen molar-refractivity contribution in [2.45, 2.75) is 26.7 Å². The van der Waals surface area contributed by atoms with E-state index >= 15 is 0 Å². The smallest absolute Gasteiger partial charge is 0.252 e. The van der Waals surface area contributed by atoms with Gasteiger partial charge in [0, 0.05) is 31.0 Å². The average molecular weight is 392 g/mol. The van der Waals surface area contributed by atoms with Crippen LogP contribution in [0, 0.1) is 12.8 Å². The van der Waals surface area contributed by atoms with Crippen molar-refractivity contribution in [3.63, 3.8) is 0 Å². The lowest BCUT2D eigenvalue weighted by Crippen LogP contribution is -2.34. The molecule has 1 saturated heterocycles. The van der Waals surface area contributed by atoms with Crippen molar-refractivity contribution in [3.8, 4) is 22.0 Å². The number of hydrogen-bond donors (Lipinski definition) is 0. The number of aryl methyl sites for hydroxylation is 1. The largest absolute Gasteiger partial charge is 0.341 e. The van der Waals surface area contributed by atoms with Gasteiger partial charge in [-0.05, 0) is 43.2 Å². The highest BCUT2D eigenvalue weighted by molar-refractivity contribution is 7.13. The molecule has 0 bridgehead atoms. The number of piperidine rings is 1. The van der Waals surface area contributed by atoms with Gasteiger partial charge in [0.25, 0.3) is 5.78 Å². The number of hydrogen-bond acceptors (Lipinski definition) is 7. The van der Waals surface area contributed by atoms with Gasteiger partial charge in [0.2, 0.25) is 5.95 Å². The van der Waals surface area contributed by atoms with Crippen molar-refractivity contribution >= 4 is 23.1 Å². The van der Waals surface area contributed by atoms with Crippen LogP contribution < -0.4 is 4.90 Å². The van der Waals surface area contributed by atoms with E-state index in [2.05, 4.69) is 31.9 Å². The predicted molar refractivity (Wildman–Crippen MR) is 110 cm³/mol. The predicted octanol–water partition coefficient (Wildman–Crippen LogP) is 3.85. The van der Waals surface area contributed by atoms with Gasteiger partial charge in [0.1, 0.15) is 0 Å². The van der Waals surface area contributed by atoms with Crippen molar-refractivity contribution < 1.29 is 0 Å². The molecule has 1 aliphatic rings. The lowest BCUT2D eigenvalue weighted by molar-refractivity contribution is 0.434. The Kier molecular flexibility index (Phi) is 4.27. The molecule has 0 saturated carbocycles. The number of nitrogens with zero attached hydrogens (tertiary/aromatic N) is 7. The first kappa shape index (κ1) is 17.2. The highest BCUT2D eigenvalue weighted by Gasteiger charge is 2.19. The fourth-order valence-electron chi connectivity index (χ4n) is 3.56. The molecule has 8 heteroatoms. The van der Waals surface area contributed by atoms with Crippen molar-refractivity contribution in [1.82, 2.24) is 29.5 Å². The minimum absolute atomic E-state index is 0.601. The van der Waals surface area contributed by atoms with Crippen LogP contribution in [-0.4, -0.2) is 42.6 Å². The van der Waals surface area contributed by atoms with E-state index in [1.165, 1.54) is 12.8 Å². The number of rotatable bonds is 3. The SMILES string of the molecule is Cc1c(-c2ccnc(N3CCC(C)CC3)n2)cnc2nc(-c3cccs3)nn12. The van der Waals surface area contributed by atoms with Gasteiger partial charge in [0.05, 0.1) is 16.3 Å². The summed E-state index contributed by atoms with van der Waals surface area (Å²) in [5, 5.41) is 6.69. The summed E-state index contributed by atoms with van der Waals surface area (Å²) in [5.41, 5.74) is 2.78. The maximum Gasteiger partial charge on any atom is 0.252 e. The number of fused-ring (bicyclic) bond motifs is 1. The second kappa shape index (κ2) is 6.94. The molecule has 4 aromatic heterocycles. The van der Waals surface area contributed by atoms with E-state index in [1.54, 1.807) is 15.9 Å². The van der Waals surface area contributed by atoms with E-state index < -0.39 is 0 Å². The summed E-state index contributed by atoms with van der Waals surface area (Å²) >= 11 is 1.62. The fourth-order valence-corrected chi connectivity index (χ4v) is 4.22. The van der Waals surface area contributed by atoms with Crippen LogP contribution in [0.4, 0.5) is 5.95 Å². The monoisotopic (exact) mass is 391 g/mol. The van der Waals surface area contributed by atoms with Crippen molar-refractivity contribution in [1.29, 1.82) is 0 Å². The quantitative estimate of drug-likeness (QED) is 0.528. The third kappa shape index (κ3) is 3.03. The first-order valence-electron chi connectivity index (χ1n) is 9.53. The van der Waals surface area contributed by atoms with Gasteiger partial charge in [-0.3, -0.25) is 0 Å². The summed E-state index contributed by atoms with van der Waals surface area (Å²) < 4.78 is 1.80. The Morgan fingerprint density at radius 3 is 2.75 bits per heavy atom. The summed E-state index contributed by atoms with van der Waals surface area (Å²) in [5.74, 6) is 2.87. The van der Waals surface area contributed by atoms with Crippen molar-refractivity contribution in [3.05, 3.63) is 41.7 Å². The molecule has 0 unspecified atom stereocenters. The minimum Gasteiger partial charge on any atom is -0.341 e. The summed E-state index contributed by atoms with van der Waals surface area (Å²) in [6, 6.07) is 5.95. The highest BCUT2D eigenvalue weighted by Crippen LogP contribution is 2.26. The first-order chi connectivity index (χ1) is 13.7.